The van der Waals surface area contributed by atoms with Crippen LogP contribution in [0.2, 0.25) is 0 Å². The Morgan fingerprint density at radius 2 is 1.78 bits per heavy atom. The van der Waals surface area contributed by atoms with Gasteiger partial charge in [-0.2, -0.15) is 0 Å². The van der Waals surface area contributed by atoms with Gasteiger partial charge in [0.1, 0.15) is 0 Å². The van der Waals surface area contributed by atoms with E-state index in [1.54, 1.807) is 11.8 Å². The van der Waals surface area contributed by atoms with Crippen molar-refractivity contribution in [2.45, 2.75) is 19.3 Å². The zero-order valence-electron chi connectivity index (χ0n) is 15.2. The summed E-state index contributed by atoms with van der Waals surface area (Å²) >= 11 is 0. The van der Waals surface area contributed by atoms with E-state index in [1.165, 1.54) is 4.90 Å². The van der Waals surface area contributed by atoms with Gasteiger partial charge in [0.15, 0.2) is 11.5 Å². The van der Waals surface area contributed by atoms with Crippen LogP contribution in [0.1, 0.15) is 24.8 Å². The van der Waals surface area contributed by atoms with Crippen LogP contribution in [0.25, 0.3) is 0 Å². The normalized spacial score (nSPS) is 23.1. The molecule has 0 spiro atoms. The molecule has 2 atom stereocenters. The van der Waals surface area contributed by atoms with Gasteiger partial charge in [-0.1, -0.05) is 6.07 Å². The average Bonchev–Trinajstić information content (AvgIpc) is 3.36. The largest absolute Gasteiger partial charge is 0.459 e. The minimum absolute atomic E-state index is 0.0299. The van der Waals surface area contributed by atoms with Crippen LogP contribution in [-0.4, -0.2) is 67.2 Å². The number of fused-ring (bicyclic) bond motifs is 1. The summed E-state index contributed by atoms with van der Waals surface area (Å²) in [6, 6.07) is 5.83. The molecule has 0 radical (unpaired) electrons. The van der Waals surface area contributed by atoms with E-state index >= 15 is 0 Å². The second-order valence-electron chi connectivity index (χ2n) is 6.90. The third-order valence-corrected chi connectivity index (χ3v) is 5.26. The maximum atomic E-state index is 12.8. The Kier molecular flexibility index (Phi) is 4.63. The molecule has 1 aliphatic carbocycles. The average molecular weight is 374 g/mol. The third-order valence-electron chi connectivity index (χ3n) is 5.26. The van der Waals surface area contributed by atoms with Crippen molar-refractivity contribution in [3.63, 3.8) is 0 Å². The molecule has 2 aliphatic heterocycles. The van der Waals surface area contributed by atoms with Crippen LogP contribution in [0, 0.1) is 5.92 Å². The van der Waals surface area contributed by atoms with Crippen molar-refractivity contribution < 1.29 is 28.6 Å². The predicted molar refractivity (Wildman–Crippen MR) is 93.2 cm³/mol. The number of nitrogens with zero attached hydrogens (tertiary/aromatic N) is 2. The molecular weight excluding hydrogens is 352 g/mol. The Bertz CT molecular complexity index is 771. The summed E-state index contributed by atoms with van der Waals surface area (Å²) in [7, 11) is 0. The summed E-state index contributed by atoms with van der Waals surface area (Å²) in [6.07, 6.45) is 0.820. The maximum Gasteiger partial charge on any atom is 0.397 e. The standard InChI is InChI=1S/C19H22N2O6/c1-2-25-19(24)18(23)21-7-5-20(6-8-21)17(22)14-10-13(14)12-3-4-15-16(9-12)27-11-26-15/h3-4,9,13-14H,2,5-8,10-11H2,1H3/t13-,14-/m0/s1. The van der Waals surface area contributed by atoms with E-state index in [9.17, 15) is 14.4 Å². The highest BCUT2D eigenvalue weighted by Crippen LogP contribution is 2.50. The molecule has 8 nitrogen and oxygen atoms in total. The molecule has 1 aromatic rings. The van der Waals surface area contributed by atoms with E-state index in [-0.39, 0.29) is 31.1 Å². The van der Waals surface area contributed by atoms with Gasteiger partial charge in [0.05, 0.1) is 6.61 Å². The summed E-state index contributed by atoms with van der Waals surface area (Å²) in [5.74, 6) is 0.294. The summed E-state index contributed by atoms with van der Waals surface area (Å²) in [5.41, 5.74) is 1.09. The highest BCUT2D eigenvalue weighted by molar-refractivity contribution is 6.32. The highest BCUT2D eigenvalue weighted by Gasteiger charge is 2.46. The van der Waals surface area contributed by atoms with Gasteiger partial charge in [-0.3, -0.25) is 9.59 Å². The van der Waals surface area contributed by atoms with E-state index in [0.717, 1.165) is 23.5 Å². The van der Waals surface area contributed by atoms with Crippen LogP contribution in [0.3, 0.4) is 0 Å². The Labute approximate surface area is 157 Å². The van der Waals surface area contributed by atoms with Crippen LogP contribution >= 0.6 is 0 Å². The molecule has 0 aromatic heterocycles. The molecule has 8 heteroatoms. The fourth-order valence-corrected chi connectivity index (χ4v) is 3.67. The molecule has 4 rings (SSSR count). The number of amides is 2. The van der Waals surface area contributed by atoms with Crippen LogP contribution in [-0.2, 0) is 19.1 Å². The van der Waals surface area contributed by atoms with Gasteiger partial charge in [0.25, 0.3) is 0 Å². The monoisotopic (exact) mass is 374 g/mol. The van der Waals surface area contributed by atoms with E-state index < -0.39 is 11.9 Å². The zero-order valence-corrected chi connectivity index (χ0v) is 15.2. The van der Waals surface area contributed by atoms with Crippen LogP contribution in [0.5, 0.6) is 11.5 Å². The summed E-state index contributed by atoms with van der Waals surface area (Å²) in [5, 5.41) is 0. The molecular formula is C19H22N2O6. The van der Waals surface area contributed by atoms with Crippen LogP contribution in [0.4, 0.5) is 0 Å². The maximum absolute atomic E-state index is 12.8. The number of ether oxygens (including phenoxy) is 3. The number of carbonyl (C=O) groups excluding carboxylic acids is 3. The Morgan fingerprint density at radius 3 is 2.52 bits per heavy atom. The summed E-state index contributed by atoms with van der Waals surface area (Å²) < 4.78 is 15.5. The van der Waals surface area contributed by atoms with Gasteiger partial charge in [-0.05, 0) is 37.0 Å². The van der Waals surface area contributed by atoms with Gasteiger partial charge >= 0.3 is 11.9 Å². The van der Waals surface area contributed by atoms with Gasteiger partial charge < -0.3 is 24.0 Å². The second kappa shape index (κ2) is 7.09. The number of rotatable bonds is 3. The molecule has 0 bridgehead atoms. The fraction of sp³-hybridized carbons (Fsp3) is 0.526. The Morgan fingerprint density at radius 1 is 1.07 bits per heavy atom. The molecule has 2 fully saturated rings. The van der Waals surface area contributed by atoms with E-state index in [1.807, 2.05) is 18.2 Å². The molecule has 27 heavy (non-hydrogen) atoms. The molecule has 0 N–H and O–H groups in total. The molecule has 1 saturated carbocycles. The molecule has 0 unspecified atom stereocenters. The lowest BCUT2D eigenvalue weighted by molar-refractivity contribution is -0.161. The van der Waals surface area contributed by atoms with Crippen molar-refractivity contribution in [2.24, 2.45) is 5.92 Å². The van der Waals surface area contributed by atoms with E-state index in [4.69, 9.17) is 14.2 Å². The quantitative estimate of drug-likeness (QED) is 0.573. The number of benzene rings is 1. The van der Waals surface area contributed by atoms with E-state index in [0.29, 0.717) is 26.2 Å². The number of hydrogen-bond donors (Lipinski definition) is 0. The minimum atomic E-state index is -0.831. The van der Waals surface area contributed by atoms with Crippen molar-refractivity contribution in [3.05, 3.63) is 23.8 Å². The number of hydrogen-bond acceptors (Lipinski definition) is 6. The topological polar surface area (TPSA) is 85.4 Å². The first-order chi connectivity index (χ1) is 13.1. The molecule has 2 amide bonds. The number of esters is 1. The van der Waals surface area contributed by atoms with E-state index in [2.05, 4.69) is 0 Å². The van der Waals surface area contributed by atoms with Crippen molar-refractivity contribution in [3.8, 4) is 11.5 Å². The fourth-order valence-electron chi connectivity index (χ4n) is 3.67. The number of piperazine rings is 1. The highest BCUT2D eigenvalue weighted by atomic mass is 16.7. The number of carbonyl (C=O) groups is 3. The lowest BCUT2D eigenvalue weighted by atomic mass is 10.1. The summed E-state index contributed by atoms with van der Waals surface area (Å²) in [4.78, 5) is 39.5. The van der Waals surface area contributed by atoms with Gasteiger partial charge in [0, 0.05) is 32.1 Å². The molecule has 144 valence electrons. The van der Waals surface area contributed by atoms with Gasteiger partial charge in [-0.25, -0.2) is 4.79 Å². The molecule has 1 saturated heterocycles. The smallest absolute Gasteiger partial charge is 0.397 e. The lowest BCUT2D eigenvalue weighted by Crippen LogP contribution is -2.52. The van der Waals surface area contributed by atoms with Crippen molar-refractivity contribution >= 4 is 17.8 Å². The van der Waals surface area contributed by atoms with Crippen molar-refractivity contribution in [2.75, 3.05) is 39.6 Å². The SMILES string of the molecule is CCOC(=O)C(=O)N1CCN(C(=O)[C@H]2C[C@H]2c2ccc3c(c2)OCO3)CC1. The van der Waals surface area contributed by atoms with Crippen LogP contribution in [0.15, 0.2) is 18.2 Å². The first-order valence-corrected chi connectivity index (χ1v) is 9.23. The van der Waals surface area contributed by atoms with Crippen molar-refractivity contribution in [1.82, 2.24) is 9.80 Å². The first kappa shape index (κ1) is 17.6. The zero-order chi connectivity index (χ0) is 19.0. The third kappa shape index (κ3) is 3.43. The second-order valence-corrected chi connectivity index (χ2v) is 6.90. The summed E-state index contributed by atoms with van der Waals surface area (Å²) in [6.45, 7) is 3.65. The molecule has 3 aliphatic rings. The van der Waals surface area contributed by atoms with Gasteiger partial charge in [0.2, 0.25) is 12.7 Å². The van der Waals surface area contributed by atoms with Gasteiger partial charge in [-0.15, -0.1) is 0 Å². The van der Waals surface area contributed by atoms with Crippen LogP contribution < -0.4 is 9.47 Å². The Balaban J connectivity index is 1.30. The predicted octanol–water partition coefficient (Wildman–Crippen LogP) is 0.753. The lowest BCUT2D eigenvalue weighted by Gasteiger charge is -2.34. The minimum Gasteiger partial charge on any atom is -0.459 e. The van der Waals surface area contributed by atoms with Crippen molar-refractivity contribution in [1.29, 1.82) is 0 Å². The molecule has 1 aromatic carbocycles. The Hall–Kier alpha value is -2.77. The molecule has 2 heterocycles. The first-order valence-electron chi connectivity index (χ1n) is 9.23.